The van der Waals surface area contributed by atoms with Crippen LogP contribution < -0.4 is 16.4 Å². The van der Waals surface area contributed by atoms with Gasteiger partial charge in [-0.1, -0.05) is 27.5 Å². The summed E-state index contributed by atoms with van der Waals surface area (Å²) in [5, 5.41) is -0.675. The predicted molar refractivity (Wildman–Crippen MR) is 90.5 cm³/mol. The lowest BCUT2D eigenvalue weighted by Gasteiger charge is -2.12. The van der Waals surface area contributed by atoms with Crippen molar-refractivity contribution in [3.63, 3.8) is 0 Å². The molecule has 0 aliphatic carbocycles. The zero-order valence-electron chi connectivity index (χ0n) is 12.7. The predicted octanol–water partition coefficient (Wildman–Crippen LogP) is 2.74. The van der Waals surface area contributed by atoms with Gasteiger partial charge in [-0.05, 0) is 30.3 Å². The van der Waals surface area contributed by atoms with Crippen LogP contribution in [0, 0.1) is 0 Å². The average Bonchev–Trinajstić information content (AvgIpc) is 2.56. The smallest absolute Gasteiger partial charge is 0.304 e. The summed E-state index contributed by atoms with van der Waals surface area (Å²) in [6.45, 7) is -0.761. The summed E-state index contributed by atoms with van der Waals surface area (Å²) in [5.41, 5.74) is 2.21. The van der Waals surface area contributed by atoms with Gasteiger partial charge < -0.3 is 4.57 Å². The van der Waals surface area contributed by atoms with E-state index in [-0.39, 0.29) is 5.56 Å². The third-order valence-corrected chi connectivity index (χ3v) is 3.90. The third-order valence-electron chi connectivity index (χ3n) is 3.11. The van der Waals surface area contributed by atoms with Crippen LogP contribution in [0.5, 0.6) is 0 Å². The number of alkyl halides is 3. The number of nitrogens with zero attached hydrogens (tertiary/aromatic N) is 1. The Morgan fingerprint density at radius 2 is 1.77 bits per heavy atom. The molecule has 0 saturated carbocycles. The van der Waals surface area contributed by atoms with Gasteiger partial charge in [0.05, 0.1) is 5.56 Å². The van der Waals surface area contributed by atoms with Crippen molar-refractivity contribution >= 4 is 39.3 Å². The molecule has 2 amide bonds. The third kappa shape index (κ3) is 5.09. The molecule has 11 heteroatoms. The van der Waals surface area contributed by atoms with Gasteiger partial charge >= 0.3 is 6.18 Å². The van der Waals surface area contributed by atoms with Crippen LogP contribution in [0.25, 0.3) is 0 Å². The quantitative estimate of drug-likeness (QED) is 0.703. The Hall–Kier alpha value is -2.33. The van der Waals surface area contributed by atoms with E-state index in [0.29, 0.717) is 16.8 Å². The first-order chi connectivity index (χ1) is 12.1. The van der Waals surface area contributed by atoms with E-state index in [1.807, 2.05) is 5.43 Å². The highest BCUT2D eigenvalue weighted by Crippen LogP contribution is 2.29. The highest BCUT2D eigenvalue weighted by molar-refractivity contribution is 9.10. The summed E-state index contributed by atoms with van der Waals surface area (Å²) >= 11 is 8.69. The molecule has 0 radical (unpaired) electrons. The minimum absolute atomic E-state index is 0.243. The number of benzene rings is 1. The summed E-state index contributed by atoms with van der Waals surface area (Å²) in [5.74, 6) is -1.55. The topological polar surface area (TPSA) is 80.2 Å². The zero-order chi connectivity index (χ0) is 19.5. The number of rotatable bonds is 3. The number of amides is 2. The number of hydrazine groups is 1. The number of hydrogen-bond acceptors (Lipinski definition) is 3. The minimum atomic E-state index is -4.73. The van der Waals surface area contributed by atoms with Crippen molar-refractivity contribution in [3.8, 4) is 0 Å². The molecule has 26 heavy (non-hydrogen) atoms. The van der Waals surface area contributed by atoms with Gasteiger partial charge in [0, 0.05) is 16.2 Å². The van der Waals surface area contributed by atoms with E-state index in [0.717, 1.165) is 4.47 Å². The Labute approximate surface area is 158 Å². The number of hydrogen-bond donors (Lipinski definition) is 2. The van der Waals surface area contributed by atoms with E-state index >= 15 is 0 Å². The lowest BCUT2D eigenvalue weighted by atomic mass is 10.2. The fourth-order valence-electron chi connectivity index (χ4n) is 1.87. The summed E-state index contributed by atoms with van der Waals surface area (Å²) < 4.78 is 39.5. The first-order valence-electron chi connectivity index (χ1n) is 6.90. The number of halogens is 5. The Morgan fingerprint density at radius 1 is 1.15 bits per heavy atom. The Morgan fingerprint density at radius 3 is 2.35 bits per heavy atom. The second kappa shape index (κ2) is 7.92. The molecular weight excluding hydrogens is 443 g/mol. The van der Waals surface area contributed by atoms with E-state index in [1.165, 1.54) is 12.1 Å². The lowest BCUT2D eigenvalue weighted by Crippen LogP contribution is -2.44. The number of pyridine rings is 1. The van der Waals surface area contributed by atoms with Crippen LogP contribution in [0.1, 0.15) is 15.9 Å². The monoisotopic (exact) mass is 451 g/mol. The molecule has 138 valence electrons. The zero-order valence-corrected chi connectivity index (χ0v) is 15.1. The van der Waals surface area contributed by atoms with Gasteiger partial charge in [-0.15, -0.1) is 0 Å². The van der Waals surface area contributed by atoms with Crippen molar-refractivity contribution < 1.29 is 22.8 Å². The maximum Gasteiger partial charge on any atom is 0.417 e. The highest BCUT2D eigenvalue weighted by Gasteiger charge is 2.32. The van der Waals surface area contributed by atoms with Gasteiger partial charge in [-0.2, -0.15) is 13.2 Å². The Balaban J connectivity index is 2.06. The van der Waals surface area contributed by atoms with Gasteiger partial charge in [0.2, 0.25) is 0 Å². The molecule has 0 bridgehead atoms. The summed E-state index contributed by atoms with van der Waals surface area (Å²) in [6, 6.07) is 6.68. The molecular formula is C15H10BrClF3N3O3. The molecule has 0 saturated heterocycles. The van der Waals surface area contributed by atoms with Crippen molar-refractivity contribution in [2.24, 2.45) is 0 Å². The molecule has 2 N–H and O–H groups in total. The standard InChI is InChI=1S/C15H10BrClF3N3O3/c16-10-3-1-8(2-4-10)13(25)22-21-12(24)7-23-6-9(15(18,19)20)5-11(17)14(23)26/h1-6H,7H2,(H,21,24)(H,22,25). The van der Waals surface area contributed by atoms with Crippen LogP contribution in [-0.4, -0.2) is 16.4 Å². The molecule has 1 heterocycles. The lowest BCUT2D eigenvalue weighted by molar-refractivity contribution is -0.138. The van der Waals surface area contributed by atoms with Crippen molar-refractivity contribution in [2.45, 2.75) is 12.7 Å². The van der Waals surface area contributed by atoms with Crippen molar-refractivity contribution in [2.75, 3.05) is 0 Å². The summed E-state index contributed by atoms with van der Waals surface area (Å²) in [4.78, 5) is 35.4. The number of nitrogens with one attached hydrogen (secondary N) is 2. The molecule has 1 aromatic carbocycles. The maximum absolute atomic E-state index is 12.8. The van der Waals surface area contributed by atoms with Crippen LogP contribution in [0.4, 0.5) is 13.2 Å². The largest absolute Gasteiger partial charge is 0.417 e. The first kappa shape index (κ1) is 20.0. The molecule has 0 aliphatic heterocycles. The SMILES string of the molecule is O=C(Cn1cc(C(F)(F)F)cc(Cl)c1=O)NNC(=O)c1ccc(Br)cc1. The molecule has 2 rings (SSSR count). The van der Waals surface area contributed by atoms with Crippen LogP contribution in [-0.2, 0) is 17.5 Å². The van der Waals surface area contributed by atoms with Crippen molar-refractivity contribution in [1.82, 2.24) is 15.4 Å². The van der Waals surface area contributed by atoms with E-state index in [1.54, 1.807) is 12.1 Å². The van der Waals surface area contributed by atoms with E-state index < -0.39 is 40.7 Å². The highest BCUT2D eigenvalue weighted by atomic mass is 79.9. The average molecular weight is 453 g/mol. The molecule has 1 aromatic heterocycles. The van der Waals surface area contributed by atoms with Crippen molar-refractivity contribution in [1.29, 1.82) is 0 Å². The van der Waals surface area contributed by atoms with Crippen LogP contribution >= 0.6 is 27.5 Å². The molecule has 0 atom stereocenters. The molecule has 6 nitrogen and oxygen atoms in total. The molecule has 0 spiro atoms. The van der Waals surface area contributed by atoms with Crippen LogP contribution in [0.3, 0.4) is 0 Å². The van der Waals surface area contributed by atoms with Gasteiger partial charge in [0.25, 0.3) is 17.4 Å². The van der Waals surface area contributed by atoms with Gasteiger partial charge in [-0.25, -0.2) is 0 Å². The maximum atomic E-state index is 12.8. The minimum Gasteiger partial charge on any atom is -0.304 e. The molecule has 0 unspecified atom stereocenters. The summed E-state index contributed by atoms with van der Waals surface area (Å²) in [6.07, 6.45) is -4.25. The second-order valence-electron chi connectivity index (χ2n) is 5.02. The number of aromatic nitrogens is 1. The molecule has 2 aromatic rings. The Kier molecular flexibility index (Phi) is 6.09. The van der Waals surface area contributed by atoms with Crippen molar-refractivity contribution in [3.05, 3.63) is 67.5 Å². The number of carbonyl (C=O) groups is 2. The number of carbonyl (C=O) groups excluding carboxylic acids is 2. The van der Waals surface area contributed by atoms with Crippen LogP contribution in [0.15, 0.2) is 45.8 Å². The van der Waals surface area contributed by atoms with E-state index in [4.69, 9.17) is 11.6 Å². The van der Waals surface area contributed by atoms with E-state index in [9.17, 15) is 27.6 Å². The van der Waals surface area contributed by atoms with Gasteiger partial charge in [0.15, 0.2) is 0 Å². The normalized spacial score (nSPS) is 11.1. The van der Waals surface area contributed by atoms with E-state index in [2.05, 4.69) is 21.4 Å². The summed E-state index contributed by atoms with van der Waals surface area (Å²) in [7, 11) is 0. The Bertz CT molecular complexity index is 898. The van der Waals surface area contributed by atoms with Gasteiger partial charge in [0.1, 0.15) is 11.6 Å². The molecule has 0 fully saturated rings. The second-order valence-corrected chi connectivity index (χ2v) is 6.34. The fraction of sp³-hybridized carbons (Fsp3) is 0.133. The first-order valence-corrected chi connectivity index (χ1v) is 8.07. The van der Waals surface area contributed by atoms with Gasteiger partial charge in [-0.3, -0.25) is 25.2 Å². The fourth-order valence-corrected chi connectivity index (χ4v) is 2.36. The molecule has 0 aliphatic rings. The van der Waals surface area contributed by atoms with Crippen LogP contribution in [0.2, 0.25) is 5.02 Å².